The number of anilines is 2. The number of ketones is 2. The molecule has 48 heavy (non-hydrogen) atoms. The Labute approximate surface area is 288 Å². The Balaban J connectivity index is 0.000000163. The fourth-order valence-corrected chi connectivity index (χ4v) is 5.98. The third-order valence-electron chi connectivity index (χ3n) is 6.60. The third-order valence-corrected chi connectivity index (χ3v) is 9.18. The molecule has 5 heterocycles. The van der Waals surface area contributed by atoms with Crippen molar-refractivity contribution in [2.24, 2.45) is 0 Å². The molecule has 0 radical (unpaired) electrons. The van der Waals surface area contributed by atoms with E-state index in [2.05, 4.69) is 48.1 Å². The van der Waals surface area contributed by atoms with Gasteiger partial charge in [0.25, 0.3) is 0 Å². The first kappa shape index (κ1) is 35.9. The molecule has 0 bridgehead atoms. The molecule has 6 N–H and O–H groups in total. The average molecular weight is 701 g/mol. The molecule has 0 atom stereocenters. The van der Waals surface area contributed by atoms with Gasteiger partial charge >= 0.3 is 7.12 Å². The summed E-state index contributed by atoms with van der Waals surface area (Å²) in [5.74, 6) is -0.542. The van der Waals surface area contributed by atoms with Crippen molar-refractivity contribution >= 4 is 101 Å². The number of carbonyl (C=O) groups excluding carboxylic acids is 2. The van der Waals surface area contributed by atoms with E-state index in [1.807, 2.05) is 50.2 Å². The molecule has 0 unspecified atom stereocenters. The lowest BCUT2D eigenvalue weighted by Gasteiger charge is -2.04. The van der Waals surface area contributed by atoms with Crippen LogP contribution in [0, 0.1) is 13.8 Å². The average Bonchev–Trinajstić information content (AvgIpc) is 3.70. The minimum atomic E-state index is -1.35. The highest BCUT2D eigenvalue weighted by Gasteiger charge is 2.14. The quantitative estimate of drug-likeness (QED) is 0.110. The maximum absolute atomic E-state index is 9.79. The second-order valence-electron chi connectivity index (χ2n) is 10.1. The number of Topliss-reactive ketones (excluding diaryl/α,β-unsaturated/α-hetero) is 2. The smallest absolute Gasteiger partial charge is 0.423 e. The van der Waals surface area contributed by atoms with Gasteiger partial charge in [0.05, 0.1) is 16.3 Å². The lowest BCUT2D eigenvalue weighted by Crippen LogP contribution is -2.26. The first-order chi connectivity index (χ1) is 22.8. The van der Waals surface area contributed by atoms with Crippen LogP contribution in [0.15, 0.2) is 73.3 Å². The number of nitrogens with zero attached hydrogens (tertiary/aromatic N) is 6. The number of hydrogen-bond acceptors (Lipinski definition) is 14. The van der Waals surface area contributed by atoms with Crippen molar-refractivity contribution < 1.29 is 19.6 Å². The number of benzene rings is 2. The monoisotopic (exact) mass is 700 g/mol. The highest BCUT2D eigenvalue weighted by Crippen LogP contribution is 2.34. The SMILES string of the molecule is CC(=O)C(C)=O.Cc1nc2ncnc(-c3cc4ccccc4s3)c2nc1C.Nc1ncnc(Cl)c1N.OB(O)c1cc2ccccc2s1. The normalized spacial score (nSPS) is 10.3. The Hall–Kier alpha value is -4.93. The van der Waals surface area contributed by atoms with E-state index in [1.54, 1.807) is 23.7 Å². The van der Waals surface area contributed by atoms with E-state index in [-0.39, 0.29) is 28.2 Å². The number of hydrogen-bond donors (Lipinski definition) is 4. The summed E-state index contributed by atoms with van der Waals surface area (Å²) < 4.78 is 2.92. The van der Waals surface area contributed by atoms with Crippen molar-refractivity contribution in [3.8, 4) is 10.6 Å². The van der Waals surface area contributed by atoms with Crippen LogP contribution in [-0.4, -0.2) is 58.6 Å². The standard InChI is InChI=1S/C16H12N4S.C8H7BO2S.C4H5ClN4.C4H6O2/c1-9-10(2)20-16-15(19-9)14(17-8-18-16)13-7-11-5-3-4-6-12(11)21-13;10-9(11)8-5-6-3-1-2-4-7(6)12-8;5-3-2(6)4(7)9-1-8-3;1-3(5)4(2)6/h3-8H,1-2H3;1-5,10-11H;1H,6H2,(H2,7,8,9);1-2H3. The van der Waals surface area contributed by atoms with E-state index < -0.39 is 7.12 Å². The van der Waals surface area contributed by atoms with Gasteiger partial charge in [-0.15, -0.1) is 22.7 Å². The van der Waals surface area contributed by atoms with Gasteiger partial charge in [0.2, 0.25) is 0 Å². The maximum Gasteiger partial charge on any atom is 0.499 e. The zero-order chi connectivity index (χ0) is 35.0. The molecule has 0 amide bonds. The van der Waals surface area contributed by atoms with Gasteiger partial charge < -0.3 is 21.5 Å². The van der Waals surface area contributed by atoms with Crippen LogP contribution >= 0.6 is 34.3 Å². The minimum absolute atomic E-state index is 0.197. The molecule has 5 aromatic heterocycles. The summed E-state index contributed by atoms with van der Waals surface area (Å²) in [6.07, 6.45) is 2.82. The number of carbonyl (C=O) groups is 2. The van der Waals surface area contributed by atoms with Crippen molar-refractivity contribution in [3.05, 3.63) is 89.9 Å². The third kappa shape index (κ3) is 9.11. The molecule has 7 aromatic rings. The molecule has 0 saturated heterocycles. The number of thiophene rings is 2. The first-order valence-corrected chi connectivity index (χ1v) is 16.2. The van der Waals surface area contributed by atoms with Crippen molar-refractivity contribution in [2.45, 2.75) is 27.7 Å². The van der Waals surface area contributed by atoms with Crippen LogP contribution in [0.2, 0.25) is 5.15 Å². The van der Waals surface area contributed by atoms with Crippen LogP contribution in [0.4, 0.5) is 11.5 Å². The Kier molecular flexibility index (Phi) is 12.2. The van der Waals surface area contributed by atoms with E-state index in [0.29, 0.717) is 10.4 Å². The van der Waals surface area contributed by atoms with E-state index in [9.17, 15) is 9.59 Å². The van der Waals surface area contributed by atoms with Crippen LogP contribution in [0.5, 0.6) is 0 Å². The molecule has 0 aliphatic rings. The number of aryl methyl sites for hydroxylation is 2. The van der Waals surface area contributed by atoms with E-state index in [0.717, 1.165) is 37.6 Å². The summed E-state index contributed by atoms with van der Waals surface area (Å²) in [6, 6.07) is 20.1. The molecule has 2 aromatic carbocycles. The molecule has 0 spiro atoms. The van der Waals surface area contributed by atoms with E-state index >= 15 is 0 Å². The number of nitrogen functional groups attached to an aromatic ring is 2. The van der Waals surface area contributed by atoms with E-state index in [1.165, 1.54) is 41.6 Å². The van der Waals surface area contributed by atoms with Crippen molar-refractivity contribution in [1.82, 2.24) is 29.9 Å². The van der Waals surface area contributed by atoms with Crippen LogP contribution in [0.3, 0.4) is 0 Å². The van der Waals surface area contributed by atoms with Gasteiger partial charge in [-0.25, -0.2) is 29.9 Å². The van der Waals surface area contributed by atoms with Gasteiger partial charge in [-0.05, 0) is 48.9 Å². The molecule has 244 valence electrons. The summed E-state index contributed by atoms with van der Waals surface area (Å²) >= 11 is 8.58. The highest BCUT2D eigenvalue weighted by atomic mass is 35.5. The fraction of sp³-hybridized carbons (Fsp3) is 0.125. The van der Waals surface area contributed by atoms with Gasteiger partial charge in [-0.1, -0.05) is 48.0 Å². The van der Waals surface area contributed by atoms with Crippen molar-refractivity contribution in [1.29, 1.82) is 0 Å². The van der Waals surface area contributed by atoms with Gasteiger partial charge in [0.1, 0.15) is 29.6 Å². The summed E-state index contributed by atoms with van der Waals surface area (Å²) in [7, 11) is -1.35. The number of fused-ring (bicyclic) bond motifs is 3. The number of nitrogens with two attached hydrogens (primary N) is 2. The van der Waals surface area contributed by atoms with Crippen LogP contribution < -0.4 is 16.2 Å². The molecule has 16 heteroatoms. The largest absolute Gasteiger partial charge is 0.499 e. The number of halogens is 1. The summed E-state index contributed by atoms with van der Waals surface area (Å²) in [5, 5.41) is 20.3. The zero-order valence-corrected chi connectivity index (χ0v) is 28.6. The van der Waals surface area contributed by atoms with Gasteiger partial charge in [-0.3, -0.25) is 9.59 Å². The first-order valence-electron chi connectivity index (χ1n) is 14.2. The summed E-state index contributed by atoms with van der Waals surface area (Å²) in [4.78, 5) is 45.7. The van der Waals surface area contributed by atoms with Crippen LogP contribution in [0.25, 0.3) is 41.9 Å². The molecule has 0 aliphatic heterocycles. The minimum Gasteiger partial charge on any atom is -0.423 e. The second kappa shape index (κ2) is 16.3. The lowest BCUT2D eigenvalue weighted by atomic mass is 9.89. The fourth-order valence-electron chi connectivity index (χ4n) is 3.84. The molecule has 0 fully saturated rings. The van der Waals surface area contributed by atoms with Gasteiger partial charge in [0, 0.05) is 28.0 Å². The highest BCUT2D eigenvalue weighted by molar-refractivity contribution is 7.27. The van der Waals surface area contributed by atoms with Crippen LogP contribution in [-0.2, 0) is 9.59 Å². The van der Waals surface area contributed by atoms with Gasteiger partial charge in [0.15, 0.2) is 28.2 Å². The summed E-state index contributed by atoms with van der Waals surface area (Å²) in [5.41, 5.74) is 14.9. The summed E-state index contributed by atoms with van der Waals surface area (Å²) in [6.45, 7) is 6.41. The zero-order valence-electron chi connectivity index (χ0n) is 26.2. The lowest BCUT2D eigenvalue weighted by molar-refractivity contribution is -0.134. The number of aromatic nitrogens is 6. The molecular formula is C32H30BClN8O4S2. The topological polar surface area (TPSA) is 204 Å². The Morgan fingerprint density at radius 2 is 1.33 bits per heavy atom. The van der Waals surface area contributed by atoms with Crippen molar-refractivity contribution in [2.75, 3.05) is 11.5 Å². The Morgan fingerprint density at radius 3 is 1.88 bits per heavy atom. The van der Waals surface area contributed by atoms with E-state index in [4.69, 9.17) is 33.1 Å². The van der Waals surface area contributed by atoms with Gasteiger partial charge in [-0.2, -0.15) is 0 Å². The van der Waals surface area contributed by atoms with Crippen LogP contribution in [0.1, 0.15) is 25.2 Å². The predicted molar refractivity (Wildman–Crippen MR) is 194 cm³/mol. The molecule has 7 rings (SSSR count). The molecule has 0 saturated carbocycles. The van der Waals surface area contributed by atoms with Crippen molar-refractivity contribution in [3.63, 3.8) is 0 Å². The molecular weight excluding hydrogens is 671 g/mol. The Bertz CT molecular complexity index is 2130. The second-order valence-corrected chi connectivity index (χ2v) is 12.6. The predicted octanol–water partition coefficient (Wildman–Crippen LogP) is 4.96. The Morgan fingerprint density at radius 1 is 0.771 bits per heavy atom. The molecule has 0 aliphatic carbocycles. The number of rotatable bonds is 3. The molecule has 12 nitrogen and oxygen atoms in total. The maximum atomic E-state index is 9.79.